The Morgan fingerprint density at radius 1 is 1.25 bits per heavy atom. The molecule has 1 amide bonds. The Kier molecular flexibility index (Phi) is 6.76. The van der Waals surface area contributed by atoms with Gasteiger partial charge in [-0.2, -0.15) is 4.98 Å². The number of carbonyl (C=O) groups is 1. The molecule has 0 unspecified atom stereocenters. The predicted octanol–water partition coefficient (Wildman–Crippen LogP) is 3.21. The van der Waals surface area contributed by atoms with Crippen LogP contribution in [0.4, 0.5) is 21.8 Å². The van der Waals surface area contributed by atoms with Gasteiger partial charge < -0.3 is 21.1 Å². The number of rotatable bonds is 7. The number of halogens is 1. The maximum absolute atomic E-state index is 13.1. The first-order valence-electron chi connectivity index (χ1n) is 9.63. The van der Waals surface area contributed by atoms with Crippen LogP contribution in [0.15, 0.2) is 30.5 Å². The molecule has 1 atom stereocenters. The van der Waals surface area contributed by atoms with E-state index in [-0.39, 0.29) is 30.4 Å². The molecule has 1 aliphatic carbocycles. The number of hydrogen-bond donors (Lipinski definition) is 4. The van der Waals surface area contributed by atoms with Crippen LogP contribution in [0.5, 0.6) is 0 Å². The molecule has 1 saturated carbocycles. The number of hydrogen-bond acceptors (Lipinski definition) is 6. The first-order valence-corrected chi connectivity index (χ1v) is 9.63. The van der Waals surface area contributed by atoms with E-state index in [0.717, 1.165) is 25.7 Å². The van der Waals surface area contributed by atoms with E-state index >= 15 is 0 Å². The highest BCUT2D eigenvalue weighted by atomic mass is 19.1. The number of benzene rings is 1. The zero-order valence-electron chi connectivity index (χ0n) is 15.9. The van der Waals surface area contributed by atoms with Crippen LogP contribution in [-0.2, 0) is 0 Å². The number of aromatic nitrogens is 2. The summed E-state index contributed by atoms with van der Waals surface area (Å²) in [5.74, 6) is 0.107. The Morgan fingerprint density at radius 3 is 2.64 bits per heavy atom. The molecule has 28 heavy (non-hydrogen) atoms. The van der Waals surface area contributed by atoms with Gasteiger partial charge in [0.2, 0.25) is 5.95 Å². The minimum absolute atomic E-state index is 0.151. The van der Waals surface area contributed by atoms with Gasteiger partial charge in [-0.1, -0.05) is 19.3 Å². The van der Waals surface area contributed by atoms with Crippen LogP contribution < -0.4 is 16.0 Å². The minimum Gasteiger partial charge on any atom is -0.394 e. The Labute approximate surface area is 163 Å². The molecule has 0 bridgehead atoms. The number of carbonyl (C=O) groups excluding carboxylic acids is 1. The van der Waals surface area contributed by atoms with Crippen LogP contribution in [0.1, 0.15) is 49.4 Å². The molecule has 2 aromatic rings. The van der Waals surface area contributed by atoms with E-state index in [1.165, 1.54) is 24.8 Å². The van der Waals surface area contributed by atoms with Crippen molar-refractivity contribution in [2.45, 2.75) is 51.1 Å². The van der Waals surface area contributed by atoms with Gasteiger partial charge in [0, 0.05) is 24.0 Å². The van der Waals surface area contributed by atoms with Crippen molar-refractivity contribution in [1.29, 1.82) is 0 Å². The average molecular weight is 387 g/mol. The van der Waals surface area contributed by atoms with Crippen molar-refractivity contribution in [3.8, 4) is 0 Å². The van der Waals surface area contributed by atoms with Gasteiger partial charge in [0.25, 0.3) is 5.91 Å². The zero-order valence-corrected chi connectivity index (χ0v) is 15.9. The summed E-state index contributed by atoms with van der Waals surface area (Å²) in [6, 6.07) is 5.77. The molecule has 0 radical (unpaired) electrons. The molecule has 1 aromatic carbocycles. The Morgan fingerprint density at radius 2 is 1.96 bits per heavy atom. The first-order chi connectivity index (χ1) is 13.5. The minimum atomic E-state index is -0.368. The SMILES string of the molecule is C[C@@H](CO)NC(=O)c1cnc(Nc2ccc(F)cc2)nc1NC1CCCCC1. The molecule has 1 heterocycles. The van der Waals surface area contributed by atoms with Gasteiger partial charge >= 0.3 is 0 Å². The second-order valence-corrected chi connectivity index (χ2v) is 7.12. The van der Waals surface area contributed by atoms with Crippen LogP contribution in [0.3, 0.4) is 0 Å². The smallest absolute Gasteiger partial charge is 0.256 e. The fraction of sp³-hybridized carbons (Fsp3) is 0.450. The van der Waals surface area contributed by atoms with Gasteiger partial charge in [-0.25, -0.2) is 9.37 Å². The number of amides is 1. The van der Waals surface area contributed by atoms with Gasteiger partial charge in [0.05, 0.1) is 6.61 Å². The summed E-state index contributed by atoms with van der Waals surface area (Å²) in [4.78, 5) is 21.3. The normalized spacial score (nSPS) is 15.7. The summed E-state index contributed by atoms with van der Waals surface area (Å²) >= 11 is 0. The summed E-state index contributed by atoms with van der Waals surface area (Å²) in [6.45, 7) is 1.57. The van der Waals surface area contributed by atoms with E-state index in [4.69, 9.17) is 0 Å². The second-order valence-electron chi connectivity index (χ2n) is 7.12. The maximum Gasteiger partial charge on any atom is 0.256 e. The molecular formula is C20H26FN5O2. The predicted molar refractivity (Wildman–Crippen MR) is 106 cm³/mol. The van der Waals surface area contributed by atoms with Crippen LogP contribution in [0.2, 0.25) is 0 Å². The third-order valence-electron chi connectivity index (χ3n) is 4.73. The highest BCUT2D eigenvalue weighted by molar-refractivity contribution is 5.98. The molecule has 0 spiro atoms. The quantitative estimate of drug-likeness (QED) is 0.582. The highest BCUT2D eigenvalue weighted by Crippen LogP contribution is 2.24. The van der Waals surface area contributed by atoms with E-state index in [2.05, 4.69) is 25.9 Å². The summed E-state index contributed by atoms with van der Waals surface area (Å²) in [6.07, 6.45) is 7.03. The standard InChI is InChI=1S/C20H26FN5O2/c1-13(12-27)23-19(28)17-11-22-20(25-16-9-7-14(21)8-10-16)26-18(17)24-15-5-3-2-4-6-15/h7-11,13,15,27H,2-6,12H2,1H3,(H,23,28)(H2,22,24,25,26)/t13-/m0/s1. The number of nitrogens with one attached hydrogen (secondary N) is 3. The molecule has 4 N–H and O–H groups in total. The fourth-order valence-corrected chi connectivity index (χ4v) is 3.17. The summed E-state index contributed by atoms with van der Waals surface area (Å²) < 4.78 is 13.1. The van der Waals surface area contributed by atoms with Gasteiger partial charge in [-0.15, -0.1) is 0 Å². The van der Waals surface area contributed by atoms with Crippen LogP contribution in [0, 0.1) is 5.82 Å². The van der Waals surface area contributed by atoms with Crippen molar-refractivity contribution in [3.05, 3.63) is 41.8 Å². The van der Waals surface area contributed by atoms with Crippen molar-refractivity contribution in [2.24, 2.45) is 0 Å². The molecule has 1 aliphatic rings. The average Bonchev–Trinajstić information content (AvgIpc) is 2.70. The number of anilines is 3. The van der Waals surface area contributed by atoms with Gasteiger partial charge in [0.15, 0.2) is 0 Å². The molecular weight excluding hydrogens is 361 g/mol. The second kappa shape index (κ2) is 9.45. The monoisotopic (exact) mass is 387 g/mol. The lowest BCUT2D eigenvalue weighted by Gasteiger charge is -2.24. The third-order valence-corrected chi connectivity index (χ3v) is 4.73. The highest BCUT2D eigenvalue weighted by Gasteiger charge is 2.20. The van der Waals surface area contributed by atoms with Crippen molar-refractivity contribution in [2.75, 3.05) is 17.2 Å². The number of aliphatic hydroxyl groups excluding tert-OH is 1. The Balaban J connectivity index is 1.83. The van der Waals surface area contributed by atoms with E-state index < -0.39 is 0 Å². The molecule has 150 valence electrons. The fourth-order valence-electron chi connectivity index (χ4n) is 3.17. The summed E-state index contributed by atoms with van der Waals surface area (Å²) in [5.41, 5.74) is 0.978. The van der Waals surface area contributed by atoms with Crippen LogP contribution in [-0.4, -0.2) is 39.7 Å². The summed E-state index contributed by atoms with van der Waals surface area (Å²) in [7, 11) is 0. The van der Waals surface area contributed by atoms with Crippen LogP contribution >= 0.6 is 0 Å². The molecule has 7 nitrogen and oxygen atoms in total. The zero-order chi connectivity index (χ0) is 19.9. The molecule has 0 aliphatic heterocycles. The molecule has 0 saturated heterocycles. The lowest BCUT2D eigenvalue weighted by atomic mass is 9.95. The number of nitrogens with zero attached hydrogens (tertiary/aromatic N) is 2. The van der Waals surface area contributed by atoms with E-state index in [9.17, 15) is 14.3 Å². The maximum atomic E-state index is 13.1. The van der Waals surface area contributed by atoms with Gasteiger partial charge in [-0.3, -0.25) is 4.79 Å². The van der Waals surface area contributed by atoms with Crippen molar-refractivity contribution in [1.82, 2.24) is 15.3 Å². The van der Waals surface area contributed by atoms with E-state index in [1.807, 2.05) is 0 Å². The van der Waals surface area contributed by atoms with E-state index in [0.29, 0.717) is 23.0 Å². The molecule has 1 aromatic heterocycles. The lowest BCUT2D eigenvalue weighted by Crippen LogP contribution is -2.36. The van der Waals surface area contributed by atoms with Crippen molar-refractivity contribution in [3.63, 3.8) is 0 Å². The lowest BCUT2D eigenvalue weighted by molar-refractivity contribution is 0.0922. The Bertz CT molecular complexity index is 794. The van der Waals surface area contributed by atoms with Crippen LogP contribution in [0.25, 0.3) is 0 Å². The largest absolute Gasteiger partial charge is 0.394 e. The van der Waals surface area contributed by atoms with Crippen molar-refractivity contribution < 1.29 is 14.3 Å². The first kappa shape index (κ1) is 20.0. The molecule has 3 rings (SSSR count). The number of aliphatic hydroxyl groups is 1. The molecule has 1 fully saturated rings. The van der Waals surface area contributed by atoms with Gasteiger partial charge in [-0.05, 0) is 44.0 Å². The summed E-state index contributed by atoms with van der Waals surface area (Å²) in [5, 5.41) is 18.3. The molecule has 8 heteroatoms. The topological polar surface area (TPSA) is 99.2 Å². The van der Waals surface area contributed by atoms with E-state index in [1.54, 1.807) is 19.1 Å². The van der Waals surface area contributed by atoms with Crippen molar-refractivity contribution >= 4 is 23.4 Å². The van der Waals surface area contributed by atoms with Gasteiger partial charge in [0.1, 0.15) is 17.2 Å². The third kappa shape index (κ3) is 5.39. The Hall–Kier alpha value is -2.74.